The van der Waals surface area contributed by atoms with Crippen LogP contribution in [0.3, 0.4) is 0 Å². The van der Waals surface area contributed by atoms with Crippen molar-refractivity contribution in [2.24, 2.45) is 0 Å². The Kier molecular flexibility index (Phi) is 6.02. The van der Waals surface area contributed by atoms with Crippen molar-refractivity contribution >= 4 is 13.8 Å². The Morgan fingerprint density at radius 3 is 2.90 bits per heavy atom. The van der Waals surface area contributed by atoms with Gasteiger partial charge in [0, 0.05) is 25.6 Å². The molecule has 2 unspecified atom stereocenters. The van der Waals surface area contributed by atoms with E-state index in [1.165, 1.54) is 0 Å². The van der Waals surface area contributed by atoms with Gasteiger partial charge in [0.25, 0.3) is 0 Å². The lowest BCUT2D eigenvalue weighted by atomic mass is 9.97. The number of esters is 1. The average Bonchev–Trinajstić information content (AvgIpc) is 2.51. The number of hydrogen-bond donors (Lipinski definition) is 0. The van der Waals surface area contributed by atoms with Gasteiger partial charge >= 0.3 is 5.97 Å². The van der Waals surface area contributed by atoms with E-state index in [0.717, 1.165) is 25.1 Å². The Labute approximate surface area is 127 Å². The number of carbonyl (C=O) groups is 1. The van der Waals surface area contributed by atoms with Gasteiger partial charge in [0.1, 0.15) is 14.5 Å². The van der Waals surface area contributed by atoms with Gasteiger partial charge in [-0.05, 0) is 12.0 Å². The molecule has 0 radical (unpaired) electrons. The molecular formula is C16H22BNO3. The van der Waals surface area contributed by atoms with Crippen molar-refractivity contribution in [3.05, 3.63) is 48.6 Å². The molecule has 0 bridgehead atoms. The molecule has 5 heteroatoms. The molecule has 0 N–H and O–H groups in total. The van der Waals surface area contributed by atoms with Crippen molar-refractivity contribution in [3.63, 3.8) is 0 Å². The summed E-state index contributed by atoms with van der Waals surface area (Å²) in [5, 5.41) is 0. The number of ether oxygens (including phenoxy) is 2. The topological polar surface area (TPSA) is 38.8 Å². The van der Waals surface area contributed by atoms with Gasteiger partial charge in [0.05, 0.1) is 0 Å². The molecule has 0 spiro atoms. The zero-order valence-corrected chi connectivity index (χ0v) is 12.5. The van der Waals surface area contributed by atoms with Gasteiger partial charge in [-0.2, -0.15) is 0 Å². The van der Waals surface area contributed by atoms with Gasteiger partial charge in [-0.15, -0.1) is 6.58 Å². The summed E-state index contributed by atoms with van der Waals surface area (Å²) < 4.78 is 11.1. The van der Waals surface area contributed by atoms with E-state index < -0.39 is 6.10 Å². The van der Waals surface area contributed by atoms with Gasteiger partial charge in [0.15, 0.2) is 6.10 Å². The summed E-state index contributed by atoms with van der Waals surface area (Å²) in [6, 6.07) is 9.72. The Morgan fingerprint density at radius 2 is 2.19 bits per heavy atom. The van der Waals surface area contributed by atoms with Crippen molar-refractivity contribution in [3.8, 4) is 0 Å². The maximum atomic E-state index is 12.1. The molecule has 0 amide bonds. The van der Waals surface area contributed by atoms with Gasteiger partial charge in [-0.1, -0.05) is 36.4 Å². The Hall–Kier alpha value is -1.59. The van der Waals surface area contributed by atoms with Crippen LogP contribution in [0.25, 0.3) is 0 Å². The summed E-state index contributed by atoms with van der Waals surface area (Å²) in [5.74, 6) is -0.283. The van der Waals surface area contributed by atoms with E-state index in [-0.39, 0.29) is 12.0 Å². The summed E-state index contributed by atoms with van der Waals surface area (Å²) in [5.41, 5.74) is 0.984. The van der Waals surface area contributed by atoms with Crippen LogP contribution in [-0.2, 0) is 20.9 Å². The minimum atomic E-state index is -0.498. The number of rotatable bonds is 6. The molecule has 1 aromatic carbocycles. The Bertz CT molecular complexity index is 466. The van der Waals surface area contributed by atoms with Crippen molar-refractivity contribution < 1.29 is 14.3 Å². The van der Waals surface area contributed by atoms with E-state index in [1.54, 1.807) is 0 Å². The van der Waals surface area contributed by atoms with Crippen LogP contribution in [0.2, 0.25) is 0 Å². The summed E-state index contributed by atoms with van der Waals surface area (Å²) >= 11 is 0. The Balaban J connectivity index is 1.84. The number of carbonyl (C=O) groups excluding carboxylic acids is 1. The van der Waals surface area contributed by atoms with E-state index in [4.69, 9.17) is 9.47 Å². The first-order valence-electron chi connectivity index (χ1n) is 7.38. The first-order valence-corrected chi connectivity index (χ1v) is 7.38. The molecule has 1 fully saturated rings. The molecular weight excluding hydrogens is 265 g/mol. The number of morpholine rings is 1. The molecule has 21 heavy (non-hydrogen) atoms. The highest BCUT2D eigenvalue weighted by Gasteiger charge is 2.30. The smallest absolute Gasteiger partial charge is 0.336 e. The van der Waals surface area contributed by atoms with Crippen LogP contribution in [0.4, 0.5) is 0 Å². The van der Waals surface area contributed by atoms with Crippen molar-refractivity contribution in [2.75, 3.05) is 19.6 Å². The minimum absolute atomic E-state index is 0.0397. The lowest BCUT2D eigenvalue weighted by Crippen LogP contribution is -2.51. The van der Waals surface area contributed by atoms with Gasteiger partial charge in [0.2, 0.25) is 0 Å². The van der Waals surface area contributed by atoms with Crippen molar-refractivity contribution in [2.45, 2.75) is 25.1 Å². The third kappa shape index (κ3) is 5.03. The highest BCUT2D eigenvalue weighted by atomic mass is 16.6. The van der Waals surface area contributed by atoms with Crippen LogP contribution < -0.4 is 0 Å². The Morgan fingerprint density at radius 1 is 1.43 bits per heavy atom. The second-order valence-corrected chi connectivity index (χ2v) is 5.37. The maximum Gasteiger partial charge on any atom is 0.336 e. The molecule has 0 aliphatic carbocycles. The second-order valence-electron chi connectivity index (χ2n) is 5.37. The predicted molar refractivity (Wildman–Crippen MR) is 84.7 cm³/mol. The molecule has 112 valence electrons. The summed E-state index contributed by atoms with van der Waals surface area (Å²) in [6.07, 6.45) is 2.31. The van der Waals surface area contributed by atoms with Crippen molar-refractivity contribution in [1.29, 1.82) is 0 Å². The molecule has 2 rings (SSSR count). The van der Waals surface area contributed by atoms with Gasteiger partial charge in [-0.3, -0.25) is 4.90 Å². The SMILES string of the molecule is BC1CN(CCC=C)CC(C(=O)OCc2ccccc2)O1. The van der Waals surface area contributed by atoms with Gasteiger partial charge < -0.3 is 9.47 Å². The van der Waals surface area contributed by atoms with Crippen LogP contribution in [0.15, 0.2) is 43.0 Å². The maximum absolute atomic E-state index is 12.1. The molecule has 4 nitrogen and oxygen atoms in total. The molecule has 1 saturated heterocycles. The van der Waals surface area contributed by atoms with Crippen LogP contribution in [0, 0.1) is 0 Å². The number of hydrogen-bond acceptors (Lipinski definition) is 4. The molecule has 1 aliphatic heterocycles. The van der Waals surface area contributed by atoms with E-state index >= 15 is 0 Å². The average molecular weight is 287 g/mol. The van der Waals surface area contributed by atoms with E-state index in [1.807, 2.05) is 44.3 Å². The zero-order chi connectivity index (χ0) is 15.1. The lowest BCUT2D eigenvalue weighted by Gasteiger charge is -2.35. The monoisotopic (exact) mass is 287 g/mol. The first-order chi connectivity index (χ1) is 10.2. The first kappa shape index (κ1) is 15.8. The van der Waals surface area contributed by atoms with Crippen LogP contribution in [0.1, 0.15) is 12.0 Å². The fourth-order valence-electron chi connectivity index (χ4n) is 2.45. The molecule has 1 aromatic rings. The van der Waals surface area contributed by atoms with Crippen LogP contribution >= 0.6 is 0 Å². The number of nitrogens with zero attached hydrogens (tertiary/aromatic N) is 1. The molecule has 1 aliphatic rings. The standard InChI is InChI=1S/C16H22BNO3/c1-2-3-9-18-10-14(21-15(17)11-18)16(19)20-12-13-7-5-4-6-8-13/h2,4-8,14-15H,1,3,9-12,17H2. The highest BCUT2D eigenvalue weighted by molar-refractivity contribution is 6.11. The number of benzene rings is 1. The summed E-state index contributed by atoms with van der Waals surface area (Å²) in [4.78, 5) is 14.4. The molecule has 0 aromatic heterocycles. The third-order valence-corrected chi connectivity index (χ3v) is 3.47. The fraction of sp³-hybridized carbons (Fsp3) is 0.438. The van der Waals surface area contributed by atoms with Crippen LogP contribution in [0.5, 0.6) is 0 Å². The quantitative estimate of drug-likeness (QED) is 0.444. The van der Waals surface area contributed by atoms with E-state index in [2.05, 4.69) is 11.5 Å². The zero-order valence-electron chi connectivity index (χ0n) is 12.5. The van der Waals surface area contributed by atoms with Crippen LogP contribution in [-0.4, -0.2) is 50.5 Å². The molecule has 1 heterocycles. The fourth-order valence-corrected chi connectivity index (χ4v) is 2.45. The second kappa shape index (κ2) is 8.00. The van der Waals surface area contributed by atoms with Crippen molar-refractivity contribution in [1.82, 2.24) is 4.90 Å². The largest absolute Gasteiger partial charge is 0.459 e. The molecule has 2 atom stereocenters. The van der Waals surface area contributed by atoms with E-state index in [0.29, 0.717) is 13.2 Å². The predicted octanol–water partition coefficient (Wildman–Crippen LogP) is 0.966. The van der Waals surface area contributed by atoms with Gasteiger partial charge in [-0.25, -0.2) is 4.79 Å². The molecule has 0 saturated carbocycles. The third-order valence-electron chi connectivity index (χ3n) is 3.47. The normalized spacial score (nSPS) is 22.7. The highest BCUT2D eigenvalue weighted by Crippen LogP contribution is 2.12. The lowest BCUT2D eigenvalue weighted by molar-refractivity contribution is -0.166. The van der Waals surface area contributed by atoms with E-state index in [9.17, 15) is 4.79 Å². The summed E-state index contributed by atoms with van der Waals surface area (Å²) in [7, 11) is 1.98. The minimum Gasteiger partial charge on any atom is -0.459 e. The summed E-state index contributed by atoms with van der Waals surface area (Å²) in [6.45, 7) is 6.36.